The van der Waals surface area contributed by atoms with Crippen molar-refractivity contribution in [1.82, 2.24) is 9.55 Å². The van der Waals surface area contributed by atoms with Crippen LogP contribution in [0.2, 0.25) is 0 Å². The van der Waals surface area contributed by atoms with Crippen molar-refractivity contribution in [1.29, 1.82) is 0 Å². The van der Waals surface area contributed by atoms with Gasteiger partial charge >= 0.3 is 0 Å². The molecule has 0 spiro atoms. The van der Waals surface area contributed by atoms with Gasteiger partial charge in [-0.1, -0.05) is 19.3 Å². The van der Waals surface area contributed by atoms with E-state index in [1.807, 2.05) is 0 Å². The lowest BCUT2D eigenvalue weighted by Gasteiger charge is -2.23. The molecule has 0 bridgehead atoms. The Balaban J connectivity index is 2.35. The van der Waals surface area contributed by atoms with Crippen LogP contribution in [0.1, 0.15) is 32.1 Å². The second-order valence-corrected chi connectivity index (χ2v) is 5.09. The number of nitrogen functional groups attached to an aromatic ring is 1. The average molecular weight is 268 g/mol. The van der Waals surface area contributed by atoms with E-state index in [9.17, 15) is 9.70 Å². The Kier molecular flexibility index (Phi) is 3.90. The second kappa shape index (κ2) is 5.43. The van der Waals surface area contributed by atoms with Gasteiger partial charge in [-0.25, -0.2) is 0 Å². The third kappa shape index (κ3) is 2.50. The Morgan fingerprint density at radius 3 is 2.67 bits per heavy atom. The van der Waals surface area contributed by atoms with Crippen LogP contribution in [-0.2, 0) is 6.54 Å². The molecule has 1 saturated carbocycles. The van der Waals surface area contributed by atoms with Gasteiger partial charge in [0.05, 0.1) is 0 Å². The number of H-pyrrole nitrogens is 1. The summed E-state index contributed by atoms with van der Waals surface area (Å²) >= 11 is 5.09. The molecule has 0 atom stereocenters. The van der Waals surface area contributed by atoms with Gasteiger partial charge in [-0.15, -0.1) is 4.91 Å². The number of nitroso groups, excluding NO2 is 1. The summed E-state index contributed by atoms with van der Waals surface area (Å²) in [4.78, 5) is 24.5. The number of nitrogens with two attached hydrogens (primary N) is 1. The fraction of sp³-hybridized carbons (Fsp3) is 0.636. The van der Waals surface area contributed by atoms with E-state index >= 15 is 0 Å². The summed E-state index contributed by atoms with van der Waals surface area (Å²) in [7, 11) is 0. The fourth-order valence-electron chi connectivity index (χ4n) is 2.47. The summed E-state index contributed by atoms with van der Waals surface area (Å²) in [6.07, 6.45) is 5.94. The monoisotopic (exact) mass is 268 g/mol. The van der Waals surface area contributed by atoms with E-state index in [4.69, 9.17) is 18.0 Å². The van der Waals surface area contributed by atoms with Crippen molar-refractivity contribution in [3.63, 3.8) is 0 Å². The van der Waals surface area contributed by atoms with Crippen LogP contribution in [0.4, 0.5) is 11.5 Å². The number of anilines is 1. The Bertz CT molecular complexity index is 557. The molecule has 1 fully saturated rings. The van der Waals surface area contributed by atoms with Crippen molar-refractivity contribution in [2.75, 3.05) is 5.73 Å². The Morgan fingerprint density at radius 2 is 2.06 bits per heavy atom. The first-order valence-electron chi connectivity index (χ1n) is 6.09. The normalized spacial score (nSPS) is 16.7. The minimum atomic E-state index is -0.618. The van der Waals surface area contributed by atoms with Gasteiger partial charge in [-0.05, 0) is 36.2 Å². The van der Waals surface area contributed by atoms with Crippen LogP contribution in [-0.4, -0.2) is 9.55 Å². The maximum Gasteiger partial charge on any atom is 0.283 e. The molecule has 1 heterocycles. The fourth-order valence-corrected chi connectivity index (χ4v) is 2.74. The van der Waals surface area contributed by atoms with Gasteiger partial charge < -0.3 is 10.3 Å². The molecular weight excluding hydrogens is 252 g/mol. The molecule has 98 valence electrons. The van der Waals surface area contributed by atoms with Gasteiger partial charge in [-0.3, -0.25) is 9.78 Å². The zero-order valence-corrected chi connectivity index (χ0v) is 10.8. The average Bonchev–Trinajstić information content (AvgIpc) is 2.36. The van der Waals surface area contributed by atoms with Crippen molar-refractivity contribution in [2.45, 2.75) is 38.6 Å². The zero-order valence-electron chi connectivity index (χ0n) is 10.0. The molecular formula is C11H16N4O2S. The van der Waals surface area contributed by atoms with E-state index in [2.05, 4.69) is 10.2 Å². The molecule has 1 aromatic heterocycles. The SMILES string of the molecule is Nc1c(N=O)c(=O)[nH]c(=S)n1CC1CCCCC1. The third-order valence-corrected chi connectivity index (χ3v) is 3.79. The van der Waals surface area contributed by atoms with Crippen molar-refractivity contribution in [2.24, 2.45) is 11.1 Å². The molecule has 1 aliphatic rings. The largest absolute Gasteiger partial charge is 0.383 e. The molecule has 0 unspecified atom stereocenters. The van der Waals surface area contributed by atoms with Crippen LogP contribution in [0.5, 0.6) is 0 Å². The van der Waals surface area contributed by atoms with Gasteiger partial charge in [0.25, 0.3) is 5.56 Å². The summed E-state index contributed by atoms with van der Waals surface area (Å²) in [6.45, 7) is 0.643. The van der Waals surface area contributed by atoms with E-state index in [1.165, 1.54) is 19.3 Å². The minimum absolute atomic E-state index is 0.0734. The number of aromatic amines is 1. The highest BCUT2D eigenvalue weighted by atomic mass is 32.1. The Morgan fingerprint density at radius 1 is 1.39 bits per heavy atom. The molecule has 6 nitrogen and oxygen atoms in total. The predicted molar refractivity (Wildman–Crippen MR) is 72.3 cm³/mol. The number of nitrogens with zero attached hydrogens (tertiary/aromatic N) is 2. The van der Waals surface area contributed by atoms with Crippen molar-refractivity contribution in [3.05, 3.63) is 20.0 Å². The first kappa shape index (κ1) is 12.9. The second-order valence-electron chi connectivity index (χ2n) is 4.70. The van der Waals surface area contributed by atoms with Crippen molar-refractivity contribution < 1.29 is 0 Å². The molecule has 18 heavy (non-hydrogen) atoms. The first-order chi connectivity index (χ1) is 8.63. The van der Waals surface area contributed by atoms with Crippen LogP contribution in [0, 0.1) is 15.6 Å². The Labute approximate surface area is 109 Å². The van der Waals surface area contributed by atoms with Crippen LogP contribution in [0.3, 0.4) is 0 Å². The molecule has 1 aromatic rings. The minimum Gasteiger partial charge on any atom is -0.383 e. The molecule has 7 heteroatoms. The highest BCUT2D eigenvalue weighted by Crippen LogP contribution is 2.27. The molecule has 2 rings (SSSR count). The summed E-state index contributed by atoms with van der Waals surface area (Å²) in [6, 6.07) is 0. The smallest absolute Gasteiger partial charge is 0.283 e. The van der Waals surface area contributed by atoms with Gasteiger partial charge in [0.1, 0.15) is 5.82 Å². The summed E-state index contributed by atoms with van der Waals surface area (Å²) in [5.74, 6) is 0.572. The Hall–Kier alpha value is -1.50. The number of rotatable bonds is 3. The van der Waals surface area contributed by atoms with Crippen LogP contribution in [0.15, 0.2) is 9.97 Å². The summed E-state index contributed by atoms with van der Waals surface area (Å²) in [5, 5.41) is 2.68. The van der Waals surface area contributed by atoms with Crippen molar-refractivity contribution >= 4 is 23.7 Å². The molecule has 3 N–H and O–H groups in total. The van der Waals surface area contributed by atoms with Crippen molar-refractivity contribution in [3.8, 4) is 0 Å². The highest BCUT2D eigenvalue weighted by molar-refractivity contribution is 7.71. The lowest BCUT2D eigenvalue weighted by Crippen LogP contribution is -2.22. The molecule has 0 aromatic carbocycles. The molecule has 0 aliphatic heterocycles. The maximum absolute atomic E-state index is 11.4. The molecule has 0 amide bonds. The third-order valence-electron chi connectivity index (χ3n) is 3.47. The summed E-state index contributed by atoms with van der Waals surface area (Å²) in [5.41, 5.74) is 4.90. The van der Waals surface area contributed by atoms with E-state index in [1.54, 1.807) is 4.57 Å². The van der Waals surface area contributed by atoms with Crippen LogP contribution in [0.25, 0.3) is 0 Å². The van der Waals surface area contributed by atoms with Crippen LogP contribution < -0.4 is 11.3 Å². The van der Waals surface area contributed by atoms with Gasteiger partial charge in [0, 0.05) is 6.54 Å². The quantitative estimate of drug-likeness (QED) is 0.650. The standard InChI is InChI=1S/C11H16N4O2S/c12-9-8(14-17)10(16)13-11(18)15(9)6-7-4-2-1-3-5-7/h7H,1-6,12H2,(H,13,16,18). The van der Waals surface area contributed by atoms with Gasteiger partial charge in [0.15, 0.2) is 4.77 Å². The molecule has 0 radical (unpaired) electrons. The van der Waals surface area contributed by atoms with Gasteiger partial charge in [0.2, 0.25) is 5.69 Å². The van der Waals surface area contributed by atoms with Gasteiger partial charge in [-0.2, -0.15) is 0 Å². The lowest BCUT2D eigenvalue weighted by atomic mass is 9.89. The predicted octanol–water partition coefficient (Wildman–Crippen LogP) is 2.47. The lowest BCUT2D eigenvalue weighted by molar-refractivity contribution is 0.318. The number of hydrogen-bond donors (Lipinski definition) is 2. The van der Waals surface area contributed by atoms with Crippen LogP contribution >= 0.6 is 12.2 Å². The zero-order chi connectivity index (χ0) is 13.1. The maximum atomic E-state index is 11.4. The summed E-state index contributed by atoms with van der Waals surface area (Å²) < 4.78 is 1.87. The molecule has 0 saturated heterocycles. The number of hydrogen-bond acceptors (Lipinski definition) is 5. The molecule has 1 aliphatic carbocycles. The number of aromatic nitrogens is 2. The highest BCUT2D eigenvalue weighted by Gasteiger charge is 2.17. The number of nitrogens with one attached hydrogen (secondary N) is 1. The topological polar surface area (TPSA) is 93.2 Å². The van der Waals surface area contributed by atoms with E-state index in [-0.39, 0.29) is 16.3 Å². The van der Waals surface area contributed by atoms with E-state index in [0.29, 0.717) is 12.5 Å². The van der Waals surface area contributed by atoms with E-state index < -0.39 is 5.56 Å². The first-order valence-corrected chi connectivity index (χ1v) is 6.50. The van der Waals surface area contributed by atoms with E-state index in [0.717, 1.165) is 12.8 Å².